The van der Waals surface area contributed by atoms with Crippen molar-refractivity contribution in [3.05, 3.63) is 18.1 Å². The van der Waals surface area contributed by atoms with Gasteiger partial charge in [0.2, 0.25) is 5.88 Å². The molecule has 5 nitrogen and oxygen atoms in total. The summed E-state index contributed by atoms with van der Waals surface area (Å²) in [6.07, 6.45) is -1.69. The number of carboxylic acids is 1. The molecule has 76 valence electrons. The topological polar surface area (TPSA) is 72.3 Å². The van der Waals surface area contributed by atoms with E-state index in [4.69, 9.17) is 5.11 Å². The fraction of sp³-hybridized carbons (Fsp3) is 0.286. The zero-order chi connectivity index (χ0) is 10.6. The molecule has 1 heterocycles. The smallest absolute Gasteiger partial charge is 0.354 e. The monoisotopic (exact) mass is 204 g/mol. The maximum atomic E-state index is 11.7. The number of ether oxygens (including phenoxy) is 1. The maximum Gasteiger partial charge on any atom is 0.354 e. The molecule has 0 spiro atoms. The molecule has 0 atom stereocenters. The average Bonchev–Trinajstić information content (AvgIpc) is 2.15. The van der Waals surface area contributed by atoms with Gasteiger partial charge in [-0.1, -0.05) is 0 Å². The van der Waals surface area contributed by atoms with Gasteiger partial charge in [0, 0.05) is 6.07 Å². The molecule has 0 fully saturated rings. The van der Waals surface area contributed by atoms with E-state index in [-0.39, 0.29) is 11.6 Å². The standard InChI is InChI=1S/C7H6F2N2O3/c8-5(9)2-14-6-1-4(7(12)13)10-3-11-6/h1,3,5H,2H2,(H,12,13). The van der Waals surface area contributed by atoms with Crippen molar-refractivity contribution in [2.75, 3.05) is 6.61 Å². The first-order chi connectivity index (χ1) is 6.59. The van der Waals surface area contributed by atoms with Gasteiger partial charge in [0.1, 0.15) is 6.33 Å². The number of hydrogen-bond donors (Lipinski definition) is 1. The van der Waals surface area contributed by atoms with Crippen LogP contribution in [0.1, 0.15) is 10.5 Å². The van der Waals surface area contributed by atoms with Crippen LogP contribution in [0.4, 0.5) is 8.78 Å². The summed E-state index contributed by atoms with van der Waals surface area (Å²) in [7, 11) is 0. The van der Waals surface area contributed by atoms with Gasteiger partial charge in [-0.05, 0) is 0 Å². The molecule has 0 aromatic carbocycles. The first-order valence-electron chi connectivity index (χ1n) is 3.56. The van der Waals surface area contributed by atoms with Gasteiger partial charge in [-0.2, -0.15) is 0 Å². The van der Waals surface area contributed by atoms with Crippen molar-refractivity contribution in [2.24, 2.45) is 0 Å². The minimum absolute atomic E-state index is 0.183. The Balaban J connectivity index is 2.69. The number of nitrogens with zero attached hydrogens (tertiary/aromatic N) is 2. The molecule has 0 unspecified atom stereocenters. The lowest BCUT2D eigenvalue weighted by Crippen LogP contribution is -2.09. The molecule has 7 heteroatoms. The van der Waals surface area contributed by atoms with E-state index >= 15 is 0 Å². The Morgan fingerprint density at radius 2 is 2.29 bits per heavy atom. The second-order valence-corrected chi connectivity index (χ2v) is 2.25. The molecule has 0 bridgehead atoms. The fourth-order valence-corrected chi connectivity index (χ4v) is 0.684. The summed E-state index contributed by atoms with van der Waals surface area (Å²) in [5.74, 6) is -1.45. The van der Waals surface area contributed by atoms with Crippen LogP contribution in [-0.2, 0) is 0 Å². The minimum Gasteiger partial charge on any atom is -0.477 e. The number of aromatic carboxylic acids is 1. The molecule has 1 rings (SSSR count). The zero-order valence-corrected chi connectivity index (χ0v) is 6.85. The van der Waals surface area contributed by atoms with Gasteiger partial charge in [0.05, 0.1) is 0 Å². The number of rotatable bonds is 4. The second kappa shape index (κ2) is 4.45. The van der Waals surface area contributed by atoms with Crippen molar-refractivity contribution >= 4 is 5.97 Å². The number of hydrogen-bond acceptors (Lipinski definition) is 4. The molecule has 0 saturated heterocycles. The number of carboxylic acid groups (broad SMARTS) is 1. The molecular weight excluding hydrogens is 198 g/mol. The predicted molar refractivity (Wildman–Crippen MR) is 40.5 cm³/mol. The summed E-state index contributed by atoms with van der Waals surface area (Å²) in [4.78, 5) is 17.2. The first kappa shape index (κ1) is 10.3. The molecule has 0 aliphatic carbocycles. The molecule has 1 aromatic heterocycles. The average molecular weight is 204 g/mol. The summed E-state index contributed by atoms with van der Waals surface area (Å²) in [6.45, 7) is -0.823. The van der Waals surface area contributed by atoms with Crippen molar-refractivity contribution < 1.29 is 23.4 Å². The third kappa shape index (κ3) is 2.92. The highest BCUT2D eigenvalue weighted by atomic mass is 19.3. The molecule has 0 aliphatic heterocycles. The maximum absolute atomic E-state index is 11.7. The summed E-state index contributed by atoms with van der Waals surface area (Å²) in [5, 5.41) is 8.49. The quantitative estimate of drug-likeness (QED) is 0.785. The Labute approximate surface area is 77.4 Å². The van der Waals surface area contributed by atoms with E-state index in [0.29, 0.717) is 0 Å². The number of alkyl halides is 2. The highest BCUT2D eigenvalue weighted by Gasteiger charge is 2.08. The molecule has 14 heavy (non-hydrogen) atoms. The van der Waals surface area contributed by atoms with Crippen LogP contribution >= 0.6 is 0 Å². The summed E-state index contributed by atoms with van der Waals surface area (Å²) in [6, 6.07) is 0.977. The van der Waals surface area contributed by atoms with Crippen LogP contribution in [0.2, 0.25) is 0 Å². The van der Waals surface area contributed by atoms with Gasteiger partial charge < -0.3 is 9.84 Å². The normalized spacial score (nSPS) is 10.2. The highest BCUT2D eigenvalue weighted by Crippen LogP contribution is 2.07. The molecule has 0 aliphatic rings. The molecular formula is C7H6F2N2O3. The first-order valence-corrected chi connectivity index (χ1v) is 3.56. The van der Waals surface area contributed by atoms with Gasteiger partial charge >= 0.3 is 5.97 Å². The lowest BCUT2D eigenvalue weighted by atomic mass is 10.4. The van der Waals surface area contributed by atoms with E-state index in [9.17, 15) is 13.6 Å². The Bertz CT molecular complexity index is 332. The lowest BCUT2D eigenvalue weighted by Gasteiger charge is -2.03. The van der Waals surface area contributed by atoms with Gasteiger partial charge in [-0.25, -0.2) is 23.5 Å². The number of aromatic nitrogens is 2. The fourth-order valence-electron chi connectivity index (χ4n) is 0.684. The van der Waals surface area contributed by atoms with E-state index in [1.165, 1.54) is 0 Å². The Morgan fingerprint density at radius 3 is 2.86 bits per heavy atom. The van der Waals surface area contributed by atoms with Crippen LogP contribution in [0, 0.1) is 0 Å². The van der Waals surface area contributed by atoms with Crippen molar-refractivity contribution in [2.45, 2.75) is 6.43 Å². The molecule has 0 amide bonds. The Morgan fingerprint density at radius 1 is 1.57 bits per heavy atom. The van der Waals surface area contributed by atoms with Gasteiger partial charge in [0.25, 0.3) is 6.43 Å². The highest BCUT2D eigenvalue weighted by molar-refractivity contribution is 5.85. The van der Waals surface area contributed by atoms with E-state index in [1.54, 1.807) is 0 Å². The van der Waals surface area contributed by atoms with Crippen LogP contribution in [0.15, 0.2) is 12.4 Å². The van der Waals surface area contributed by atoms with Crippen molar-refractivity contribution in [1.29, 1.82) is 0 Å². The van der Waals surface area contributed by atoms with Crippen LogP contribution in [0.25, 0.3) is 0 Å². The molecule has 0 saturated carbocycles. The summed E-state index contributed by atoms with van der Waals surface area (Å²) in [5.41, 5.74) is -0.302. The Hall–Kier alpha value is -1.79. The van der Waals surface area contributed by atoms with E-state index < -0.39 is 19.0 Å². The SMILES string of the molecule is O=C(O)c1cc(OCC(F)F)ncn1. The number of halogens is 2. The predicted octanol–water partition coefficient (Wildman–Crippen LogP) is 0.819. The lowest BCUT2D eigenvalue weighted by molar-refractivity contribution is 0.0687. The third-order valence-electron chi connectivity index (χ3n) is 1.22. The Kier molecular flexibility index (Phi) is 3.27. The molecule has 1 N–H and O–H groups in total. The van der Waals surface area contributed by atoms with Crippen molar-refractivity contribution in [3.8, 4) is 5.88 Å². The zero-order valence-electron chi connectivity index (χ0n) is 6.85. The summed E-state index contributed by atoms with van der Waals surface area (Å²) < 4.78 is 27.9. The minimum atomic E-state index is -2.63. The van der Waals surface area contributed by atoms with E-state index in [2.05, 4.69) is 14.7 Å². The molecule has 1 aromatic rings. The van der Waals surface area contributed by atoms with Crippen LogP contribution in [0.5, 0.6) is 5.88 Å². The van der Waals surface area contributed by atoms with E-state index in [0.717, 1.165) is 12.4 Å². The van der Waals surface area contributed by atoms with Gasteiger partial charge in [-0.3, -0.25) is 0 Å². The second-order valence-electron chi connectivity index (χ2n) is 2.25. The van der Waals surface area contributed by atoms with Crippen LogP contribution in [0.3, 0.4) is 0 Å². The van der Waals surface area contributed by atoms with Gasteiger partial charge in [0.15, 0.2) is 12.3 Å². The van der Waals surface area contributed by atoms with Crippen LogP contribution < -0.4 is 4.74 Å². The summed E-state index contributed by atoms with van der Waals surface area (Å²) >= 11 is 0. The number of carbonyl (C=O) groups is 1. The third-order valence-corrected chi connectivity index (χ3v) is 1.22. The largest absolute Gasteiger partial charge is 0.477 e. The van der Waals surface area contributed by atoms with Crippen LogP contribution in [-0.4, -0.2) is 34.1 Å². The van der Waals surface area contributed by atoms with Gasteiger partial charge in [-0.15, -0.1) is 0 Å². The molecule has 0 radical (unpaired) electrons. The van der Waals surface area contributed by atoms with Crippen molar-refractivity contribution in [3.63, 3.8) is 0 Å². The van der Waals surface area contributed by atoms with E-state index in [1.807, 2.05) is 0 Å². The van der Waals surface area contributed by atoms with Crippen molar-refractivity contribution in [1.82, 2.24) is 9.97 Å².